The van der Waals surface area contributed by atoms with Crippen LogP contribution in [0.1, 0.15) is 68.2 Å². The zero-order chi connectivity index (χ0) is 13.6. The van der Waals surface area contributed by atoms with E-state index in [0.29, 0.717) is 12.1 Å². The van der Waals surface area contributed by atoms with Crippen molar-refractivity contribution in [2.75, 3.05) is 0 Å². The van der Waals surface area contributed by atoms with Gasteiger partial charge in [-0.2, -0.15) is 0 Å². The lowest BCUT2D eigenvalue weighted by Gasteiger charge is -2.35. The fourth-order valence-electron chi connectivity index (χ4n) is 2.49. The molecule has 0 bridgehead atoms. The van der Waals surface area contributed by atoms with Crippen LogP contribution >= 0.6 is 0 Å². The standard InChI is InChI=1S/C16H35N/c1-9-15(13(7)11(3)4)17-16(10-2)14(8)12(5)6/h11-17H,9-10H2,1-8H3. The fourth-order valence-corrected chi connectivity index (χ4v) is 2.49. The van der Waals surface area contributed by atoms with Gasteiger partial charge >= 0.3 is 0 Å². The molecule has 0 saturated carbocycles. The van der Waals surface area contributed by atoms with Gasteiger partial charge in [-0.15, -0.1) is 0 Å². The molecule has 0 amide bonds. The molecular formula is C16H35N. The van der Waals surface area contributed by atoms with Crippen LogP contribution < -0.4 is 5.32 Å². The second-order valence-corrected chi connectivity index (χ2v) is 6.40. The van der Waals surface area contributed by atoms with Gasteiger partial charge in [-0.3, -0.25) is 0 Å². The summed E-state index contributed by atoms with van der Waals surface area (Å²) in [7, 11) is 0. The van der Waals surface area contributed by atoms with Crippen LogP contribution in [-0.2, 0) is 0 Å². The second-order valence-electron chi connectivity index (χ2n) is 6.40. The third-order valence-corrected chi connectivity index (χ3v) is 4.68. The molecule has 0 aliphatic heterocycles. The maximum Gasteiger partial charge on any atom is 0.00952 e. The summed E-state index contributed by atoms with van der Waals surface area (Å²) in [5.74, 6) is 3.04. The molecule has 1 N–H and O–H groups in total. The van der Waals surface area contributed by atoms with Crippen molar-refractivity contribution < 1.29 is 0 Å². The topological polar surface area (TPSA) is 12.0 Å². The maximum absolute atomic E-state index is 3.92. The van der Waals surface area contributed by atoms with E-state index < -0.39 is 0 Å². The second kappa shape index (κ2) is 8.13. The van der Waals surface area contributed by atoms with E-state index in [1.165, 1.54) is 12.8 Å². The van der Waals surface area contributed by atoms with Gasteiger partial charge in [-0.25, -0.2) is 0 Å². The van der Waals surface area contributed by atoms with Gasteiger partial charge in [-0.05, 0) is 36.5 Å². The molecule has 0 aromatic rings. The minimum absolute atomic E-state index is 0.668. The maximum atomic E-state index is 3.92. The Bertz CT molecular complexity index is 166. The van der Waals surface area contributed by atoms with Crippen LogP contribution in [0.2, 0.25) is 0 Å². The number of hydrogen-bond donors (Lipinski definition) is 1. The minimum Gasteiger partial charge on any atom is -0.311 e. The van der Waals surface area contributed by atoms with Crippen molar-refractivity contribution in [3.63, 3.8) is 0 Å². The molecule has 0 fully saturated rings. The monoisotopic (exact) mass is 241 g/mol. The summed E-state index contributed by atoms with van der Waals surface area (Å²) in [5, 5.41) is 3.92. The van der Waals surface area contributed by atoms with E-state index in [1.807, 2.05) is 0 Å². The first-order chi connectivity index (χ1) is 7.84. The molecule has 0 radical (unpaired) electrons. The van der Waals surface area contributed by atoms with Crippen molar-refractivity contribution in [2.45, 2.75) is 80.3 Å². The lowest BCUT2D eigenvalue weighted by Crippen LogP contribution is -2.46. The summed E-state index contributed by atoms with van der Waals surface area (Å²) in [4.78, 5) is 0. The highest BCUT2D eigenvalue weighted by molar-refractivity contribution is 4.82. The SMILES string of the molecule is CCC(NC(CC)C(C)C(C)C)C(C)C(C)C. The molecule has 4 unspecified atom stereocenters. The van der Waals surface area contributed by atoms with Crippen molar-refractivity contribution in [1.29, 1.82) is 0 Å². The molecule has 0 heterocycles. The van der Waals surface area contributed by atoms with Crippen molar-refractivity contribution in [3.8, 4) is 0 Å². The lowest BCUT2D eigenvalue weighted by molar-refractivity contribution is 0.214. The molecule has 17 heavy (non-hydrogen) atoms. The van der Waals surface area contributed by atoms with E-state index in [1.54, 1.807) is 0 Å². The molecule has 0 rings (SSSR count). The zero-order valence-electron chi connectivity index (χ0n) is 13.4. The van der Waals surface area contributed by atoms with E-state index in [9.17, 15) is 0 Å². The Morgan fingerprint density at radius 1 is 0.647 bits per heavy atom. The Morgan fingerprint density at radius 2 is 0.941 bits per heavy atom. The molecule has 0 aliphatic rings. The molecule has 1 heteroatoms. The molecule has 104 valence electrons. The normalized spacial score (nSPS) is 19.4. The predicted octanol–water partition coefficient (Wildman–Crippen LogP) is 4.72. The van der Waals surface area contributed by atoms with E-state index in [-0.39, 0.29) is 0 Å². The summed E-state index contributed by atoms with van der Waals surface area (Å²) in [5.41, 5.74) is 0. The van der Waals surface area contributed by atoms with Gasteiger partial charge in [0.25, 0.3) is 0 Å². The Hall–Kier alpha value is -0.0400. The number of rotatable bonds is 8. The van der Waals surface area contributed by atoms with Crippen molar-refractivity contribution in [3.05, 3.63) is 0 Å². The minimum atomic E-state index is 0.668. The third kappa shape index (κ3) is 5.42. The fraction of sp³-hybridized carbons (Fsp3) is 1.00. The summed E-state index contributed by atoms with van der Waals surface area (Å²) in [6.07, 6.45) is 2.47. The molecular weight excluding hydrogens is 206 g/mol. The van der Waals surface area contributed by atoms with E-state index in [2.05, 4.69) is 60.7 Å². The van der Waals surface area contributed by atoms with Gasteiger partial charge in [0.2, 0.25) is 0 Å². The van der Waals surface area contributed by atoms with E-state index in [0.717, 1.165) is 23.7 Å². The highest BCUT2D eigenvalue weighted by atomic mass is 15.0. The molecule has 0 aliphatic carbocycles. The summed E-state index contributed by atoms with van der Waals surface area (Å²) >= 11 is 0. The third-order valence-electron chi connectivity index (χ3n) is 4.68. The molecule has 0 aromatic carbocycles. The number of hydrogen-bond acceptors (Lipinski definition) is 1. The quantitative estimate of drug-likeness (QED) is 0.648. The molecule has 1 nitrogen and oxygen atoms in total. The Labute approximate surface area is 110 Å². The Kier molecular flexibility index (Phi) is 8.11. The van der Waals surface area contributed by atoms with Crippen LogP contribution in [-0.4, -0.2) is 12.1 Å². The van der Waals surface area contributed by atoms with Gasteiger partial charge in [0.05, 0.1) is 0 Å². The van der Waals surface area contributed by atoms with Crippen LogP contribution in [0, 0.1) is 23.7 Å². The highest BCUT2D eigenvalue weighted by Gasteiger charge is 2.25. The first kappa shape index (κ1) is 17.0. The summed E-state index contributed by atoms with van der Waals surface area (Å²) < 4.78 is 0. The molecule has 0 spiro atoms. The Balaban J connectivity index is 4.51. The summed E-state index contributed by atoms with van der Waals surface area (Å²) in [6.45, 7) is 18.7. The van der Waals surface area contributed by atoms with Gasteiger partial charge in [0.1, 0.15) is 0 Å². The van der Waals surface area contributed by atoms with Gasteiger partial charge < -0.3 is 5.32 Å². The largest absolute Gasteiger partial charge is 0.311 e. The van der Waals surface area contributed by atoms with Crippen LogP contribution in [0.4, 0.5) is 0 Å². The molecule has 0 aromatic heterocycles. The van der Waals surface area contributed by atoms with Gasteiger partial charge in [-0.1, -0.05) is 55.4 Å². The Morgan fingerprint density at radius 3 is 1.12 bits per heavy atom. The first-order valence-electron chi connectivity index (χ1n) is 7.61. The molecule has 4 atom stereocenters. The highest BCUT2D eigenvalue weighted by Crippen LogP contribution is 2.22. The van der Waals surface area contributed by atoms with E-state index in [4.69, 9.17) is 0 Å². The smallest absolute Gasteiger partial charge is 0.00952 e. The zero-order valence-corrected chi connectivity index (χ0v) is 13.4. The average molecular weight is 241 g/mol. The van der Waals surface area contributed by atoms with Gasteiger partial charge in [0.15, 0.2) is 0 Å². The van der Waals surface area contributed by atoms with Crippen LogP contribution in [0.5, 0.6) is 0 Å². The van der Waals surface area contributed by atoms with E-state index >= 15 is 0 Å². The number of nitrogens with one attached hydrogen (secondary N) is 1. The first-order valence-corrected chi connectivity index (χ1v) is 7.61. The predicted molar refractivity (Wildman–Crippen MR) is 79.3 cm³/mol. The van der Waals surface area contributed by atoms with Crippen LogP contribution in [0.3, 0.4) is 0 Å². The average Bonchev–Trinajstić information content (AvgIpc) is 2.28. The van der Waals surface area contributed by atoms with Crippen LogP contribution in [0.15, 0.2) is 0 Å². The lowest BCUT2D eigenvalue weighted by atomic mass is 9.84. The van der Waals surface area contributed by atoms with Crippen molar-refractivity contribution in [1.82, 2.24) is 5.32 Å². The van der Waals surface area contributed by atoms with Crippen molar-refractivity contribution in [2.24, 2.45) is 23.7 Å². The summed E-state index contributed by atoms with van der Waals surface area (Å²) in [6, 6.07) is 1.34. The van der Waals surface area contributed by atoms with Crippen LogP contribution in [0.25, 0.3) is 0 Å². The van der Waals surface area contributed by atoms with Gasteiger partial charge in [0, 0.05) is 12.1 Å². The van der Waals surface area contributed by atoms with Crippen molar-refractivity contribution >= 4 is 0 Å². The molecule has 0 saturated heterocycles.